The van der Waals surface area contributed by atoms with Gasteiger partial charge in [0.05, 0.1) is 0 Å². The van der Waals surface area contributed by atoms with Crippen LogP contribution in [0, 0.1) is 5.92 Å². The molecule has 1 aliphatic carbocycles. The smallest absolute Gasteiger partial charge is 0.0453 e. The lowest BCUT2D eigenvalue weighted by atomic mass is 9.81. The minimum absolute atomic E-state index is 0.425. The molecule has 1 unspecified atom stereocenters. The van der Waals surface area contributed by atoms with Gasteiger partial charge >= 0.3 is 0 Å². The third kappa shape index (κ3) is 2.58. The van der Waals surface area contributed by atoms with Gasteiger partial charge in [-0.3, -0.25) is 0 Å². The van der Waals surface area contributed by atoms with Gasteiger partial charge in [0.1, 0.15) is 0 Å². The van der Waals surface area contributed by atoms with Gasteiger partial charge in [-0.05, 0) is 37.4 Å². The zero-order valence-electron chi connectivity index (χ0n) is 9.88. The van der Waals surface area contributed by atoms with Gasteiger partial charge in [-0.2, -0.15) is 0 Å². The second kappa shape index (κ2) is 5.70. The first kappa shape index (κ1) is 11.9. The molecule has 1 fully saturated rings. The summed E-state index contributed by atoms with van der Waals surface area (Å²) in [6.07, 6.45) is 6.80. The van der Waals surface area contributed by atoms with E-state index in [0.717, 1.165) is 10.9 Å². The number of hydrogen-bond donors (Lipinski definition) is 1. The van der Waals surface area contributed by atoms with Crippen molar-refractivity contribution in [1.82, 2.24) is 5.32 Å². The van der Waals surface area contributed by atoms with Gasteiger partial charge in [0, 0.05) is 11.1 Å². The molecule has 0 bridgehead atoms. The van der Waals surface area contributed by atoms with Crippen LogP contribution in [0.4, 0.5) is 0 Å². The van der Waals surface area contributed by atoms with Crippen LogP contribution in [0.3, 0.4) is 0 Å². The zero-order valence-corrected chi connectivity index (χ0v) is 10.6. The van der Waals surface area contributed by atoms with Crippen LogP contribution in [0.1, 0.15) is 43.7 Å². The average molecular weight is 238 g/mol. The summed E-state index contributed by atoms with van der Waals surface area (Å²) in [5.41, 5.74) is 1.26. The summed E-state index contributed by atoms with van der Waals surface area (Å²) < 4.78 is 0. The first-order valence-electron chi connectivity index (χ1n) is 6.24. The summed E-state index contributed by atoms with van der Waals surface area (Å²) in [5.74, 6) is 0.749. The lowest BCUT2D eigenvalue weighted by Gasteiger charge is -2.30. The Morgan fingerprint density at radius 3 is 2.50 bits per heavy atom. The van der Waals surface area contributed by atoms with E-state index in [1.54, 1.807) is 0 Å². The third-order valence-electron chi connectivity index (χ3n) is 3.67. The predicted octanol–water partition coefficient (Wildman–Crippen LogP) is 4.18. The van der Waals surface area contributed by atoms with Crippen molar-refractivity contribution in [3.05, 3.63) is 34.9 Å². The van der Waals surface area contributed by atoms with E-state index in [1.165, 1.54) is 37.7 Å². The number of hydrogen-bond acceptors (Lipinski definition) is 1. The van der Waals surface area contributed by atoms with E-state index in [-0.39, 0.29) is 0 Å². The quantitative estimate of drug-likeness (QED) is 0.832. The normalized spacial score (nSPS) is 19.6. The van der Waals surface area contributed by atoms with Crippen LogP contribution in [-0.2, 0) is 0 Å². The Hall–Kier alpha value is -0.530. The molecular formula is C14H20ClN. The fraction of sp³-hybridized carbons (Fsp3) is 0.571. The Bertz CT molecular complexity index is 331. The maximum Gasteiger partial charge on any atom is 0.0453 e. The summed E-state index contributed by atoms with van der Waals surface area (Å²) in [6.45, 7) is 0. The summed E-state index contributed by atoms with van der Waals surface area (Å²) in [6, 6.07) is 8.64. The topological polar surface area (TPSA) is 12.0 Å². The lowest BCUT2D eigenvalue weighted by Crippen LogP contribution is -2.27. The number of benzene rings is 1. The first-order chi connectivity index (χ1) is 7.83. The number of nitrogens with one attached hydrogen (secondary N) is 1. The Morgan fingerprint density at radius 2 is 1.88 bits per heavy atom. The molecule has 1 aliphatic rings. The molecule has 1 saturated carbocycles. The molecule has 1 N–H and O–H groups in total. The molecule has 1 atom stereocenters. The van der Waals surface area contributed by atoms with E-state index < -0.39 is 0 Å². The van der Waals surface area contributed by atoms with E-state index in [1.807, 2.05) is 19.2 Å². The third-order valence-corrected chi connectivity index (χ3v) is 4.02. The molecule has 16 heavy (non-hydrogen) atoms. The van der Waals surface area contributed by atoms with Gasteiger partial charge < -0.3 is 5.32 Å². The van der Waals surface area contributed by atoms with Crippen LogP contribution >= 0.6 is 11.6 Å². The fourth-order valence-electron chi connectivity index (χ4n) is 2.84. The highest BCUT2D eigenvalue weighted by Crippen LogP contribution is 2.36. The van der Waals surface area contributed by atoms with Crippen molar-refractivity contribution in [2.24, 2.45) is 5.92 Å². The summed E-state index contributed by atoms with van der Waals surface area (Å²) in [5, 5.41) is 4.34. The van der Waals surface area contributed by atoms with Crippen molar-refractivity contribution in [3.8, 4) is 0 Å². The Balaban J connectivity index is 2.18. The fourth-order valence-corrected chi connectivity index (χ4v) is 3.09. The average Bonchev–Trinajstić information content (AvgIpc) is 2.34. The number of halogens is 1. The number of rotatable bonds is 3. The van der Waals surface area contributed by atoms with E-state index in [2.05, 4.69) is 17.4 Å². The van der Waals surface area contributed by atoms with Crippen LogP contribution in [0.5, 0.6) is 0 Å². The molecule has 1 aromatic rings. The van der Waals surface area contributed by atoms with Crippen molar-refractivity contribution in [2.75, 3.05) is 7.05 Å². The summed E-state index contributed by atoms with van der Waals surface area (Å²) in [4.78, 5) is 0. The van der Waals surface area contributed by atoms with Gasteiger partial charge in [0.15, 0.2) is 0 Å². The summed E-state index contributed by atoms with van der Waals surface area (Å²) >= 11 is 6.28. The molecule has 0 aliphatic heterocycles. The van der Waals surface area contributed by atoms with Gasteiger partial charge in [0.2, 0.25) is 0 Å². The largest absolute Gasteiger partial charge is 0.313 e. The first-order valence-corrected chi connectivity index (χ1v) is 6.62. The molecule has 0 amide bonds. The van der Waals surface area contributed by atoms with Crippen molar-refractivity contribution >= 4 is 11.6 Å². The van der Waals surface area contributed by atoms with Crippen LogP contribution in [0.2, 0.25) is 5.02 Å². The standard InChI is InChI=1S/C14H20ClN/c1-16-14(11-7-3-2-4-8-11)12-9-5-6-10-13(12)15/h5-6,9-11,14,16H,2-4,7-8H2,1H3. The molecule has 2 heteroatoms. The predicted molar refractivity (Wildman–Crippen MR) is 69.8 cm³/mol. The van der Waals surface area contributed by atoms with Crippen molar-refractivity contribution < 1.29 is 0 Å². The van der Waals surface area contributed by atoms with E-state index in [4.69, 9.17) is 11.6 Å². The molecule has 0 heterocycles. The van der Waals surface area contributed by atoms with Crippen molar-refractivity contribution in [2.45, 2.75) is 38.1 Å². The molecule has 0 spiro atoms. The van der Waals surface area contributed by atoms with Gasteiger partial charge in [-0.1, -0.05) is 49.1 Å². The van der Waals surface area contributed by atoms with Crippen LogP contribution in [0.25, 0.3) is 0 Å². The molecule has 1 nitrogen and oxygen atoms in total. The van der Waals surface area contributed by atoms with E-state index in [9.17, 15) is 0 Å². The van der Waals surface area contributed by atoms with Gasteiger partial charge in [-0.25, -0.2) is 0 Å². The molecule has 88 valence electrons. The molecular weight excluding hydrogens is 218 g/mol. The van der Waals surface area contributed by atoms with Gasteiger partial charge in [0.25, 0.3) is 0 Å². The van der Waals surface area contributed by atoms with Gasteiger partial charge in [-0.15, -0.1) is 0 Å². The SMILES string of the molecule is CNC(c1ccccc1Cl)C1CCCCC1. The summed E-state index contributed by atoms with van der Waals surface area (Å²) in [7, 11) is 2.04. The second-order valence-electron chi connectivity index (χ2n) is 4.69. The van der Waals surface area contributed by atoms with Crippen molar-refractivity contribution in [3.63, 3.8) is 0 Å². The highest BCUT2D eigenvalue weighted by molar-refractivity contribution is 6.31. The van der Waals surface area contributed by atoms with Crippen molar-refractivity contribution in [1.29, 1.82) is 0 Å². The van der Waals surface area contributed by atoms with Crippen LogP contribution in [0.15, 0.2) is 24.3 Å². The maximum atomic E-state index is 6.28. The molecule has 0 saturated heterocycles. The van der Waals surface area contributed by atoms with Crippen LogP contribution in [-0.4, -0.2) is 7.05 Å². The Kier molecular flexibility index (Phi) is 4.25. The molecule has 0 aromatic heterocycles. The molecule has 0 radical (unpaired) electrons. The van der Waals surface area contributed by atoms with E-state index in [0.29, 0.717) is 6.04 Å². The highest BCUT2D eigenvalue weighted by Gasteiger charge is 2.24. The monoisotopic (exact) mass is 237 g/mol. The minimum Gasteiger partial charge on any atom is -0.313 e. The van der Waals surface area contributed by atoms with E-state index >= 15 is 0 Å². The van der Waals surface area contributed by atoms with Crippen LogP contribution < -0.4 is 5.32 Å². The Labute approximate surface area is 103 Å². The minimum atomic E-state index is 0.425. The zero-order chi connectivity index (χ0) is 11.4. The molecule has 1 aromatic carbocycles. The highest BCUT2D eigenvalue weighted by atomic mass is 35.5. The second-order valence-corrected chi connectivity index (χ2v) is 5.09. The Morgan fingerprint density at radius 1 is 1.19 bits per heavy atom. The maximum absolute atomic E-state index is 6.28. The lowest BCUT2D eigenvalue weighted by molar-refractivity contribution is 0.282. The molecule has 2 rings (SSSR count).